The van der Waals surface area contributed by atoms with Gasteiger partial charge < -0.3 is 0 Å². The molecule has 0 aliphatic heterocycles. The van der Waals surface area contributed by atoms with Crippen LogP contribution in [0, 0.1) is 36.4 Å². The van der Waals surface area contributed by atoms with Gasteiger partial charge in [-0.15, -0.1) is 0 Å². The Morgan fingerprint density at radius 3 is 1.65 bits per heavy atom. The van der Waals surface area contributed by atoms with Crippen LogP contribution in [0.4, 0.5) is 4.39 Å². The number of halogens is 1. The molecule has 0 spiro atoms. The van der Waals surface area contributed by atoms with Crippen molar-refractivity contribution in [2.75, 3.05) is 0 Å². The molecule has 0 radical (unpaired) electrons. The Morgan fingerprint density at radius 2 is 1.10 bits per heavy atom. The molecule has 0 heterocycles. The Labute approximate surface area is 186 Å². The molecule has 0 bridgehead atoms. The van der Waals surface area contributed by atoms with E-state index in [2.05, 4.69) is 54.9 Å². The van der Waals surface area contributed by atoms with E-state index in [9.17, 15) is 4.39 Å². The van der Waals surface area contributed by atoms with Gasteiger partial charge in [0.15, 0.2) is 0 Å². The van der Waals surface area contributed by atoms with Crippen LogP contribution in [0.1, 0.15) is 72.4 Å². The topological polar surface area (TPSA) is 0 Å². The predicted molar refractivity (Wildman–Crippen MR) is 128 cm³/mol. The maximum Gasteiger partial charge on any atom is 0.127 e. The van der Waals surface area contributed by atoms with Crippen molar-refractivity contribution in [3.8, 4) is 23.7 Å². The third-order valence-corrected chi connectivity index (χ3v) is 5.28. The summed E-state index contributed by atoms with van der Waals surface area (Å²) < 4.78 is 13.6. The highest BCUT2D eigenvalue weighted by atomic mass is 19.1. The molecule has 0 unspecified atom stereocenters. The molecule has 0 saturated heterocycles. The summed E-state index contributed by atoms with van der Waals surface area (Å²) in [4.78, 5) is 0. The van der Waals surface area contributed by atoms with Gasteiger partial charge in [0.05, 0.1) is 0 Å². The molecule has 0 saturated carbocycles. The Kier molecular flexibility index (Phi) is 8.51. The minimum Gasteiger partial charge on any atom is -0.207 e. The van der Waals surface area contributed by atoms with E-state index >= 15 is 0 Å². The molecule has 0 atom stereocenters. The molecule has 0 fully saturated rings. The SMILES string of the molecule is CCCCCCCc1ccc(C#Cc2ccc(C#Cc3ccc(C)c(F)c3)cc2)cc1. The minimum absolute atomic E-state index is 0.225. The van der Waals surface area contributed by atoms with Crippen LogP contribution in [-0.2, 0) is 6.42 Å². The summed E-state index contributed by atoms with van der Waals surface area (Å²) in [5, 5.41) is 0. The third-order valence-electron chi connectivity index (χ3n) is 5.28. The first-order chi connectivity index (χ1) is 15.1. The van der Waals surface area contributed by atoms with E-state index < -0.39 is 0 Å². The van der Waals surface area contributed by atoms with Gasteiger partial charge in [-0.1, -0.05) is 74.5 Å². The van der Waals surface area contributed by atoms with E-state index in [4.69, 9.17) is 0 Å². The quantitative estimate of drug-likeness (QED) is 0.293. The molecule has 0 aliphatic carbocycles. The van der Waals surface area contributed by atoms with Crippen LogP contribution in [0.3, 0.4) is 0 Å². The van der Waals surface area contributed by atoms with Gasteiger partial charge in [0.25, 0.3) is 0 Å². The lowest BCUT2D eigenvalue weighted by atomic mass is 10.0. The van der Waals surface area contributed by atoms with E-state index in [1.807, 2.05) is 30.3 Å². The lowest BCUT2D eigenvalue weighted by molar-refractivity contribution is 0.618. The van der Waals surface area contributed by atoms with Crippen molar-refractivity contribution in [2.45, 2.75) is 52.4 Å². The zero-order valence-electron chi connectivity index (χ0n) is 18.5. The Morgan fingerprint density at radius 1 is 0.613 bits per heavy atom. The number of unbranched alkanes of at least 4 members (excludes halogenated alkanes) is 4. The normalized spacial score (nSPS) is 10.0. The van der Waals surface area contributed by atoms with Crippen molar-refractivity contribution in [1.29, 1.82) is 0 Å². The second-order valence-electron chi connectivity index (χ2n) is 7.90. The molecule has 3 rings (SSSR count). The smallest absolute Gasteiger partial charge is 0.127 e. The standard InChI is InChI=1S/C30H29F/c1-3-4-5-6-7-8-25-11-13-26(14-12-25)15-16-27-17-19-28(20-18-27)21-22-29-10-9-24(2)30(31)23-29/h9-14,17-20,23H,3-8H2,1-2H3. The second-order valence-corrected chi connectivity index (χ2v) is 7.90. The van der Waals surface area contributed by atoms with Crippen molar-refractivity contribution >= 4 is 0 Å². The molecule has 0 aliphatic rings. The van der Waals surface area contributed by atoms with E-state index in [1.165, 1.54) is 43.7 Å². The zero-order chi connectivity index (χ0) is 21.9. The van der Waals surface area contributed by atoms with Crippen molar-refractivity contribution in [3.63, 3.8) is 0 Å². The molecule has 0 aromatic heterocycles. The first-order valence-corrected chi connectivity index (χ1v) is 11.1. The van der Waals surface area contributed by atoms with Gasteiger partial charge in [0.2, 0.25) is 0 Å². The summed E-state index contributed by atoms with van der Waals surface area (Å²) in [5.41, 5.74) is 5.56. The highest BCUT2D eigenvalue weighted by Crippen LogP contribution is 2.11. The average Bonchev–Trinajstić information content (AvgIpc) is 2.80. The maximum atomic E-state index is 13.6. The Balaban J connectivity index is 1.56. The molecule has 3 aromatic rings. The second kappa shape index (κ2) is 11.8. The molecule has 31 heavy (non-hydrogen) atoms. The molecular weight excluding hydrogens is 379 g/mol. The van der Waals surface area contributed by atoms with Crippen LogP contribution in [0.25, 0.3) is 0 Å². The van der Waals surface area contributed by atoms with Crippen molar-refractivity contribution in [2.24, 2.45) is 0 Å². The van der Waals surface area contributed by atoms with Crippen LogP contribution in [0.15, 0.2) is 66.7 Å². The number of aryl methyl sites for hydroxylation is 2. The summed E-state index contributed by atoms with van der Waals surface area (Å²) in [6, 6.07) is 21.5. The molecule has 0 N–H and O–H groups in total. The van der Waals surface area contributed by atoms with Crippen molar-refractivity contribution < 1.29 is 4.39 Å². The fraction of sp³-hybridized carbons (Fsp3) is 0.267. The highest BCUT2D eigenvalue weighted by molar-refractivity contribution is 5.48. The monoisotopic (exact) mass is 408 g/mol. The van der Waals surface area contributed by atoms with E-state index in [-0.39, 0.29) is 5.82 Å². The third kappa shape index (κ3) is 7.47. The number of hydrogen-bond acceptors (Lipinski definition) is 0. The molecule has 3 aromatic carbocycles. The zero-order valence-corrected chi connectivity index (χ0v) is 18.5. The van der Waals surface area contributed by atoms with Gasteiger partial charge in [-0.05, 0) is 79.4 Å². The molecular formula is C30H29F. The highest BCUT2D eigenvalue weighted by Gasteiger charge is 1.97. The summed E-state index contributed by atoms with van der Waals surface area (Å²) in [6.07, 6.45) is 7.70. The van der Waals surface area contributed by atoms with Crippen LogP contribution in [0.2, 0.25) is 0 Å². The van der Waals surface area contributed by atoms with E-state index in [1.54, 1.807) is 13.0 Å². The van der Waals surface area contributed by atoms with Crippen LogP contribution < -0.4 is 0 Å². The van der Waals surface area contributed by atoms with E-state index in [0.29, 0.717) is 11.1 Å². The molecule has 0 nitrogen and oxygen atoms in total. The number of hydrogen-bond donors (Lipinski definition) is 0. The molecule has 156 valence electrons. The van der Waals surface area contributed by atoms with Crippen LogP contribution in [-0.4, -0.2) is 0 Å². The number of benzene rings is 3. The Hall–Kier alpha value is -3.29. The van der Waals surface area contributed by atoms with Gasteiger partial charge in [-0.25, -0.2) is 4.39 Å². The van der Waals surface area contributed by atoms with Gasteiger partial charge in [0.1, 0.15) is 5.82 Å². The van der Waals surface area contributed by atoms with Crippen LogP contribution >= 0.6 is 0 Å². The van der Waals surface area contributed by atoms with Gasteiger partial charge in [0, 0.05) is 22.3 Å². The van der Waals surface area contributed by atoms with Crippen LogP contribution in [0.5, 0.6) is 0 Å². The number of rotatable bonds is 6. The lowest BCUT2D eigenvalue weighted by Gasteiger charge is -2.01. The molecule has 0 amide bonds. The summed E-state index contributed by atoms with van der Waals surface area (Å²) in [7, 11) is 0. The maximum absolute atomic E-state index is 13.6. The summed E-state index contributed by atoms with van der Waals surface area (Å²) in [6.45, 7) is 3.99. The van der Waals surface area contributed by atoms with Gasteiger partial charge in [-0.2, -0.15) is 0 Å². The summed E-state index contributed by atoms with van der Waals surface area (Å²) >= 11 is 0. The van der Waals surface area contributed by atoms with E-state index in [0.717, 1.165) is 23.1 Å². The fourth-order valence-electron chi connectivity index (χ4n) is 3.28. The fourth-order valence-corrected chi connectivity index (χ4v) is 3.28. The first-order valence-electron chi connectivity index (χ1n) is 11.1. The van der Waals surface area contributed by atoms with Gasteiger partial charge in [-0.3, -0.25) is 0 Å². The Bertz CT molecular complexity index is 1100. The first kappa shape index (κ1) is 22.4. The van der Waals surface area contributed by atoms with Crippen molar-refractivity contribution in [3.05, 3.63) is 106 Å². The average molecular weight is 409 g/mol. The predicted octanol–water partition coefficient (Wildman–Crippen LogP) is 7.45. The largest absolute Gasteiger partial charge is 0.207 e. The molecule has 1 heteroatoms. The summed E-state index contributed by atoms with van der Waals surface area (Å²) in [5.74, 6) is 12.3. The minimum atomic E-state index is -0.225. The van der Waals surface area contributed by atoms with Gasteiger partial charge >= 0.3 is 0 Å². The van der Waals surface area contributed by atoms with Crippen molar-refractivity contribution in [1.82, 2.24) is 0 Å². The lowest BCUT2D eigenvalue weighted by Crippen LogP contribution is -1.86.